The lowest BCUT2D eigenvalue weighted by molar-refractivity contribution is 0.621. The minimum atomic E-state index is 0.693. The van der Waals surface area contributed by atoms with Gasteiger partial charge in [0, 0.05) is 11.8 Å². The van der Waals surface area contributed by atoms with Crippen LogP contribution in [0, 0.1) is 5.92 Å². The van der Waals surface area contributed by atoms with E-state index in [2.05, 4.69) is 30.4 Å². The second kappa shape index (κ2) is 7.44. The first-order chi connectivity index (χ1) is 7.24. The van der Waals surface area contributed by atoms with Gasteiger partial charge in [-0.3, -0.25) is 4.99 Å². The molecule has 0 radical (unpaired) electrons. The van der Waals surface area contributed by atoms with E-state index < -0.39 is 0 Å². The summed E-state index contributed by atoms with van der Waals surface area (Å²) in [5.74, 6) is 2.00. The summed E-state index contributed by atoms with van der Waals surface area (Å²) < 4.78 is 0. The minimum absolute atomic E-state index is 0.693. The molecule has 2 nitrogen and oxygen atoms in total. The van der Waals surface area contributed by atoms with Gasteiger partial charge in [0.25, 0.3) is 0 Å². The molecule has 1 heterocycles. The van der Waals surface area contributed by atoms with E-state index in [0.29, 0.717) is 5.25 Å². The Morgan fingerprint density at radius 3 is 2.93 bits per heavy atom. The number of aliphatic imine (C=N–C) groups is 1. The summed E-state index contributed by atoms with van der Waals surface area (Å²) in [5, 5.41) is 5.29. The molecule has 0 amide bonds. The van der Waals surface area contributed by atoms with Crippen LogP contribution in [0.15, 0.2) is 4.99 Å². The monoisotopic (exact) mass is 246 g/mol. The van der Waals surface area contributed by atoms with Crippen molar-refractivity contribution in [2.75, 3.05) is 25.1 Å². The summed E-state index contributed by atoms with van der Waals surface area (Å²) in [4.78, 5) is 4.52. The molecule has 0 aliphatic carbocycles. The topological polar surface area (TPSA) is 24.4 Å². The Kier molecular flexibility index (Phi) is 6.57. The first kappa shape index (κ1) is 13.2. The lowest BCUT2D eigenvalue weighted by Gasteiger charge is -2.12. The van der Waals surface area contributed by atoms with Crippen LogP contribution in [0.2, 0.25) is 0 Å². The molecule has 15 heavy (non-hydrogen) atoms. The molecule has 0 saturated carbocycles. The molecule has 4 heteroatoms. The predicted octanol–water partition coefficient (Wildman–Crippen LogP) is 2.85. The van der Waals surface area contributed by atoms with E-state index in [1.807, 2.05) is 23.5 Å². The Balaban J connectivity index is 2.03. The van der Waals surface area contributed by atoms with Crippen LogP contribution in [0.3, 0.4) is 0 Å². The number of unbranched alkanes of at least 4 members (excludes halogenated alkanes) is 1. The van der Waals surface area contributed by atoms with Crippen molar-refractivity contribution in [3.8, 4) is 0 Å². The van der Waals surface area contributed by atoms with Crippen molar-refractivity contribution in [1.29, 1.82) is 0 Å². The fourth-order valence-corrected chi connectivity index (χ4v) is 2.94. The van der Waals surface area contributed by atoms with Crippen LogP contribution < -0.4 is 5.32 Å². The first-order valence-corrected chi connectivity index (χ1v) is 7.95. The number of thioether (sulfide) groups is 2. The molecule has 1 aliphatic rings. The zero-order valence-corrected chi connectivity index (χ0v) is 11.6. The molecule has 88 valence electrons. The highest BCUT2D eigenvalue weighted by Gasteiger charge is 2.21. The van der Waals surface area contributed by atoms with Gasteiger partial charge in [-0.05, 0) is 30.8 Å². The summed E-state index contributed by atoms with van der Waals surface area (Å²) >= 11 is 3.84. The quantitative estimate of drug-likeness (QED) is 0.729. The molecule has 0 bridgehead atoms. The standard InChI is InChI=1S/C11H22N2S2/c1-9(2)10-8-13-11(15-10)12-6-4-5-7-14-3/h9-10H,4-8H2,1-3H3,(H,12,13). The first-order valence-electron chi connectivity index (χ1n) is 5.68. The summed E-state index contributed by atoms with van der Waals surface area (Å²) in [6.45, 7) is 6.62. The van der Waals surface area contributed by atoms with Crippen molar-refractivity contribution >= 4 is 28.7 Å². The van der Waals surface area contributed by atoms with Crippen molar-refractivity contribution in [3.05, 3.63) is 0 Å². The molecule has 1 atom stereocenters. The number of nitrogens with one attached hydrogen (secondary N) is 1. The highest BCUT2D eigenvalue weighted by molar-refractivity contribution is 8.14. The van der Waals surface area contributed by atoms with Crippen LogP contribution in [-0.4, -0.2) is 35.5 Å². The Bertz CT molecular complexity index is 205. The zero-order chi connectivity index (χ0) is 11.1. The van der Waals surface area contributed by atoms with Crippen molar-refractivity contribution in [3.63, 3.8) is 0 Å². The SMILES string of the molecule is CSCCCCNC1=NCC(C(C)C)S1. The largest absolute Gasteiger partial charge is 0.365 e. The van der Waals surface area contributed by atoms with Crippen molar-refractivity contribution in [2.24, 2.45) is 10.9 Å². The third kappa shape index (κ3) is 5.16. The molecule has 1 N–H and O–H groups in total. The number of hydrogen-bond donors (Lipinski definition) is 1. The number of hydrogen-bond acceptors (Lipinski definition) is 4. The van der Waals surface area contributed by atoms with E-state index in [1.54, 1.807) is 0 Å². The van der Waals surface area contributed by atoms with Crippen LogP contribution in [0.4, 0.5) is 0 Å². The molecule has 0 aromatic heterocycles. The molecule has 0 saturated heterocycles. The maximum atomic E-state index is 4.52. The second-order valence-electron chi connectivity index (χ2n) is 4.17. The normalized spacial score (nSPS) is 20.8. The van der Waals surface area contributed by atoms with Gasteiger partial charge in [-0.25, -0.2) is 0 Å². The molecular formula is C11H22N2S2. The lowest BCUT2D eigenvalue weighted by Crippen LogP contribution is -2.21. The zero-order valence-electron chi connectivity index (χ0n) is 9.95. The van der Waals surface area contributed by atoms with E-state index >= 15 is 0 Å². The smallest absolute Gasteiger partial charge is 0.156 e. The third-order valence-electron chi connectivity index (χ3n) is 2.47. The van der Waals surface area contributed by atoms with E-state index in [4.69, 9.17) is 0 Å². The Hall–Kier alpha value is 0.170. The van der Waals surface area contributed by atoms with Gasteiger partial charge < -0.3 is 5.32 Å². The van der Waals surface area contributed by atoms with Gasteiger partial charge in [-0.15, -0.1) is 0 Å². The van der Waals surface area contributed by atoms with Crippen molar-refractivity contribution in [2.45, 2.75) is 31.9 Å². The lowest BCUT2D eigenvalue weighted by atomic mass is 10.1. The van der Waals surface area contributed by atoms with Crippen LogP contribution in [0.5, 0.6) is 0 Å². The van der Waals surface area contributed by atoms with E-state index in [9.17, 15) is 0 Å². The van der Waals surface area contributed by atoms with Crippen LogP contribution in [-0.2, 0) is 0 Å². The molecular weight excluding hydrogens is 224 g/mol. The summed E-state index contributed by atoms with van der Waals surface area (Å²) in [6, 6.07) is 0. The fourth-order valence-electron chi connectivity index (χ4n) is 1.40. The Labute approximate surface area is 102 Å². The molecule has 0 aromatic rings. The summed E-state index contributed by atoms with van der Waals surface area (Å²) in [5.41, 5.74) is 0. The Morgan fingerprint density at radius 2 is 2.33 bits per heavy atom. The van der Waals surface area contributed by atoms with Gasteiger partial charge in [0.1, 0.15) is 0 Å². The maximum absolute atomic E-state index is 4.52. The van der Waals surface area contributed by atoms with Gasteiger partial charge in [0.15, 0.2) is 5.17 Å². The Morgan fingerprint density at radius 1 is 1.53 bits per heavy atom. The van der Waals surface area contributed by atoms with Gasteiger partial charge in [-0.1, -0.05) is 25.6 Å². The van der Waals surface area contributed by atoms with Crippen LogP contribution in [0.25, 0.3) is 0 Å². The average molecular weight is 246 g/mol. The van der Waals surface area contributed by atoms with E-state index in [-0.39, 0.29) is 0 Å². The highest BCUT2D eigenvalue weighted by Crippen LogP contribution is 2.25. The van der Waals surface area contributed by atoms with E-state index in [0.717, 1.165) is 24.2 Å². The predicted molar refractivity (Wildman–Crippen MR) is 74.1 cm³/mol. The molecule has 0 spiro atoms. The number of nitrogens with zero attached hydrogens (tertiary/aromatic N) is 1. The van der Waals surface area contributed by atoms with Crippen LogP contribution in [0.1, 0.15) is 26.7 Å². The highest BCUT2D eigenvalue weighted by atomic mass is 32.2. The summed E-state index contributed by atoms with van der Waals surface area (Å²) in [7, 11) is 0. The van der Waals surface area contributed by atoms with Crippen molar-refractivity contribution in [1.82, 2.24) is 5.32 Å². The van der Waals surface area contributed by atoms with Gasteiger partial charge in [-0.2, -0.15) is 11.8 Å². The molecule has 1 rings (SSSR count). The van der Waals surface area contributed by atoms with Gasteiger partial charge in [0.2, 0.25) is 0 Å². The van der Waals surface area contributed by atoms with Gasteiger partial charge >= 0.3 is 0 Å². The number of amidine groups is 1. The van der Waals surface area contributed by atoms with Crippen LogP contribution >= 0.6 is 23.5 Å². The molecule has 0 aromatic carbocycles. The molecule has 0 fully saturated rings. The maximum Gasteiger partial charge on any atom is 0.156 e. The number of rotatable bonds is 6. The molecule has 1 aliphatic heterocycles. The second-order valence-corrected chi connectivity index (χ2v) is 6.39. The van der Waals surface area contributed by atoms with Gasteiger partial charge in [0.05, 0.1) is 6.54 Å². The average Bonchev–Trinajstić information content (AvgIpc) is 2.66. The fraction of sp³-hybridized carbons (Fsp3) is 0.909. The summed E-state index contributed by atoms with van der Waals surface area (Å²) in [6.07, 6.45) is 4.73. The van der Waals surface area contributed by atoms with E-state index in [1.165, 1.54) is 18.6 Å². The third-order valence-corrected chi connectivity index (χ3v) is 4.66. The molecule has 1 unspecified atom stereocenters. The minimum Gasteiger partial charge on any atom is -0.365 e. The van der Waals surface area contributed by atoms with Crippen molar-refractivity contribution < 1.29 is 0 Å².